The molecule has 2 fully saturated rings. The predicted octanol–water partition coefficient (Wildman–Crippen LogP) is 1.57. The lowest BCUT2D eigenvalue weighted by atomic mass is 10.2. The minimum atomic E-state index is 0.306. The number of para-hydroxylation sites is 2. The van der Waals surface area contributed by atoms with Crippen LogP contribution < -0.4 is 10.2 Å². The number of thiocarbonyl (C=S) groups is 1. The third-order valence-corrected chi connectivity index (χ3v) is 4.70. The van der Waals surface area contributed by atoms with E-state index in [0.29, 0.717) is 11.9 Å². The fourth-order valence-corrected chi connectivity index (χ4v) is 3.27. The Kier molecular flexibility index (Phi) is 5.00. The van der Waals surface area contributed by atoms with Crippen LogP contribution in [0, 0.1) is 0 Å². The van der Waals surface area contributed by atoms with Crippen molar-refractivity contribution in [1.29, 1.82) is 0 Å². The second-order valence-corrected chi connectivity index (χ2v) is 6.17. The van der Waals surface area contributed by atoms with Gasteiger partial charge in [0, 0.05) is 39.3 Å². The van der Waals surface area contributed by atoms with Crippen molar-refractivity contribution in [3.05, 3.63) is 24.3 Å². The molecule has 6 heteroatoms. The largest absolute Gasteiger partial charge is 0.506 e. The maximum Gasteiger partial charge on any atom is 0.169 e. The van der Waals surface area contributed by atoms with Gasteiger partial charge in [0.1, 0.15) is 5.75 Å². The maximum atomic E-state index is 9.94. The highest BCUT2D eigenvalue weighted by Crippen LogP contribution is 2.27. The number of nitrogens with one attached hydrogen (secondary N) is 1. The topological polar surface area (TPSA) is 48.0 Å². The summed E-state index contributed by atoms with van der Waals surface area (Å²) in [4.78, 5) is 4.40. The first-order chi connectivity index (χ1) is 10.7. The Labute approximate surface area is 136 Å². The lowest BCUT2D eigenvalue weighted by Crippen LogP contribution is -2.52. The molecule has 0 spiro atoms. The molecule has 2 aliphatic heterocycles. The molecule has 1 unspecified atom stereocenters. The van der Waals surface area contributed by atoms with Crippen molar-refractivity contribution in [2.45, 2.75) is 18.9 Å². The van der Waals surface area contributed by atoms with Crippen LogP contribution in [0.5, 0.6) is 5.75 Å². The summed E-state index contributed by atoms with van der Waals surface area (Å²) in [7, 11) is 0. The summed E-state index contributed by atoms with van der Waals surface area (Å²) in [6.07, 6.45) is 2.58. The molecule has 3 rings (SSSR count). The van der Waals surface area contributed by atoms with E-state index in [1.165, 1.54) is 0 Å². The summed E-state index contributed by atoms with van der Waals surface area (Å²) < 4.78 is 5.60. The van der Waals surface area contributed by atoms with Gasteiger partial charge in [-0.25, -0.2) is 0 Å². The zero-order chi connectivity index (χ0) is 15.4. The molecule has 5 nitrogen and oxygen atoms in total. The zero-order valence-corrected chi connectivity index (χ0v) is 13.5. The number of aromatic hydroxyl groups is 1. The van der Waals surface area contributed by atoms with Crippen LogP contribution in [0.15, 0.2) is 24.3 Å². The predicted molar refractivity (Wildman–Crippen MR) is 91.5 cm³/mol. The van der Waals surface area contributed by atoms with E-state index in [1.54, 1.807) is 6.07 Å². The van der Waals surface area contributed by atoms with Crippen molar-refractivity contribution < 1.29 is 9.84 Å². The summed E-state index contributed by atoms with van der Waals surface area (Å²) >= 11 is 5.48. The number of anilines is 1. The highest BCUT2D eigenvalue weighted by Gasteiger charge is 2.22. The molecule has 120 valence electrons. The summed E-state index contributed by atoms with van der Waals surface area (Å²) in [5, 5.41) is 14.1. The summed E-state index contributed by atoms with van der Waals surface area (Å²) in [5.41, 5.74) is 0.903. The number of nitrogens with zero attached hydrogens (tertiary/aromatic N) is 2. The molecule has 2 N–H and O–H groups in total. The van der Waals surface area contributed by atoms with Gasteiger partial charge in [-0.1, -0.05) is 12.1 Å². The monoisotopic (exact) mass is 321 g/mol. The van der Waals surface area contributed by atoms with Crippen molar-refractivity contribution in [1.82, 2.24) is 10.2 Å². The van der Waals surface area contributed by atoms with Gasteiger partial charge in [-0.3, -0.25) is 0 Å². The normalized spacial score (nSPS) is 21.9. The van der Waals surface area contributed by atoms with Crippen LogP contribution in [0.2, 0.25) is 0 Å². The number of benzene rings is 1. The van der Waals surface area contributed by atoms with E-state index >= 15 is 0 Å². The number of piperazine rings is 1. The molecule has 2 heterocycles. The number of rotatable bonds is 3. The van der Waals surface area contributed by atoms with E-state index in [1.807, 2.05) is 18.2 Å². The SMILES string of the molecule is Oc1ccccc1N1CCN(C(=S)NCC2CCCO2)CC1. The second-order valence-electron chi connectivity index (χ2n) is 5.78. The first-order valence-corrected chi connectivity index (χ1v) is 8.32. The average Bonchev–Trinajstić information content (AvgIpc) is 3.07. The molecule has 0 radical (unpaired) electrons. The highest BCUT2D eigenvalue weighted by molar-refractivity contribution is 7.80. The lowest BCUT2D eigenvalue weighted by molar-refractivity contribution is 0.113. The minimum absolute atomic E-state index is 0.306. The van der Waals surface area contributed by atoms with E-state index in [0.717, 1.165) is 63.0 Å². The standard InChI is InChI=1S/C16H23N3O2S/c20-15-6-2-1-5-14(15)18-7-9-19(10-8-18)16(22)17-12-13-4-3-11-21-13/h1-2,5-6,13,20H,3-4,7-12H2,(H,17,22). The van der Waals surface area contributed by atoms with Gasteiger partial charge in [-0.05, 0) is 37.2 Å². The average molecular weight is 321 g/mol. The molecule has 0 aliphatic carbocycles. The van der Waals surface area contributed by atoms with E-state index in [9.17, 15) is 5.11 Å². The highest BCUT2D eigenvalue weighted by atomic mass is 32.1. The first kappa shape index (κ1) is 15.4. The Bertz CT molecular complexity index is 512. The van der Waals surface area contributed by atoms with E-state index in [2.05, 4.69) is 15.1 Å². The van der Waals surface area contributed by atoms with Crippen molar-refractivity contribution in [3.8, 4) is 5.75 Å². The quantitative estimate of drug-likeness (QED) is 0.824. The van der Waals surface area contributed by atoms with Crippen molar-refractivity contribution in [2.24, 2.45) is 0 Å². The first-order valence-electron chi connectivity index (χ1n) is 7.91. The number of phenols is 1. The van der Waals surface area contributed by atoms with Gasteiger partial charge in [0.25, 0.3) is 0 Å². The number of phenolic OH excluding ortho intramolecular Hbond substituents is 1. The van der Waals surface area contributed by atoms with Crippen LogP contribution in [0.4, 0.5) is 5.69 Å². The van der Waals surface area contributed by atoms with Crippen molar-refractivity contribution in [3.63, 3.8) is 0 Å². The minimum Gasteiger partial charge on any atom is -0.506 e. The smallest absolute Gasteiger partial charge is 0.169 e. The molecule has 0 bridgehead atoms. The van der Waals surface area contributed by atoms with Gasteiger partial charge in [0.2, 0.25) is 0 Å². The number of hydrogen-bond donors (Lipinski definition) is 2. The molecule has 0 saturated carbocycles. The van der Waals surface area contributed by atoms with E-state index < -0.39 is 0 Å². The van der Waals surface area contributed by atoms with Crippen LogP contribution >= 0.6 is 12.2 Å². The third-order valence-electron chi connectivity index (χ3n) is 4.29. The molecule has 2 saturated heterocycles. The molecule has 1 atom stereocenters. The van der Waals surface area contributed by atoms with E-state index in [-0.39, 0.29) is 0 Å². The molecule has 1 aromatic carbocycles. The van der Waals surface area contributed by atoms with Crippen LogP contribution in [0.3, 0.4) is 0 Å². The fraction of sp³-hybridized carbons (Fsp3) is 0.562. The summed E-state index contributed by atoms with van der Waals surface area (Å²) in [6, 6.07) is 7.49. The van der Waals surface area contributed by atoms with Crippen LogP contribution in [0.25, 0.3) is 0 Å². The fourth-order valence-electron chi connectivity index (χ4n) is 3.00. The van der Waals surface area contributed by atoms with E-state index in [4.69, 9.17) is 17.0 Å². The molecule has 0 aromatic heterocycles. The lowest BCUT2D eigenvalue weighted by Gasteiger charge is -2.37. The molecule has 1 aromatic rings. The second kappa shape index (κ2) is 7.15. The Morgan fingerprint density at radius 1 is 1.27 bits per heavy atom. The Morgan fingerprint density at radius 3 is 2.73 bits per heavy atom. The van der Waals surface area contributed by atoms with Gasteiger partial charge in [0.15, 0.2) is 5.11 Å². The van der Waals surface area contributed by atoms with Gasteiger partial charge >= 0.3 is 0 Å². The molecule has 22 heavy (non-hydrogen) atoms. The molecular formula is C16H23N3O2S. The molecule has 0 amide bonds. The third kappa shape index (κ3) is 3.62. The Morgan fingerprint density at radius 2 is 2.05 bits per heavy atom. The summed E-state index contributed by atoms with van der Waals surface area (Å²) in [5.74, 6) is 0.343. The van der Waals surface area contributed by atoms with Crippen LogP contribution in [-0.4, -0.2) is 60.6 Å². The Hall–Kier alpha value is -1.53. The van der Waals surface area contributed by atoms with Gasteiger partial charge < -0.3 is 25.0 Å². The maximum absolute atomic E-state index is 9.94. The van der Waals surface area contributed by atoms with Crippen molar-refractivity contribution in [2.75, 3.05) is 44.2 Å². The van der Waals surface area contributed by atoms with Crippen LogP contribution in [0.1, 0.15) is 12.8 Å². The number of hydrogen-bond acceptors (Lipinski definition) is 4. The van der Waals surface area contributed by atoms with Gasteiger partial charge in [-0.2, -0.15) is 0 Å². The zero-order valence-electron chi connectivity index (χ0n) is 12.7. The molecular weight excluding hydrogens is 298 g/mol. The molecule has 2 aliphatic rings. The van der Waals surface area contributed by atoms with Crippen molar-refractivity contribution >= 4 is 23.0 Å². The Balaban J connectivity index is 1.46. The summed E-state index contributed by atoms with van der Waals surface area (Å²) in [6.45, 7) is 5.13. The van der Waals surface area contributed by atoms with Gasteiger partial charge in [0.05, 0.1) is 11.8 Å². The number of ether oxygens (including phenoxy) is 1. The van der Waals surface area contributed by atoms with Gasteiger partial charge in [-0.15, -0.1) is 0 Å². The van der Waals surface area contributed by atoms with Crippen LogP contribution in [-0.2, 0) is 4.74 Å².